The maximum atomic E-state index is 13.3. The maximum absolute atomic E-state index is 13.3. The van der Waals surface area contributed by atoms with E-state index in [1.807, 2.05) is 18.3 Å². The summed E-state index contributed by atoms with van der Waals surface area (Å²) in [5.74, 6) is 0.800. The smallest absolute Gasteiger partial charge is 0.243 e. The Morgan fingerprint density at radius 3 is 2.45 bits per heavy atom. The number of hydrogen-bond acceptors (Lipinski definition) is 5. The third-order valence-electron chi connectivity index (χ3n) is 6.48. The molecule has 0 radical (unpaired) electrons. The van der Waals surface area contributed by atoms with Gasteiger partial charge in [0.1, 0.15) is 0 Å². The highest BCUT2D eigenvalue weighted by molar-refractivity contribution is 7.89. The lowest BCUT2D eigenvalue weighted by Crippen LogP contribution is -2.37. The van der Waals surface area contributed by atoms with Crippen LogP contribution >= 0.6 is 0 Å². The van der Waals surface area contributed by atoms with Gasteiger partial charge in [-0.05, 0) is 68.2 Å². The molecule has 1 saturated heterocycles. The molecule has 7 heteroatoms. The SMILES string of the molecule is O=S(=O)(c1ccc2c(c1)CCCC2)N1CCc2nc(N3CCCCC3)ncc2C1. The van der Waals surface area contributed by atoms with E-state index in [0.29, 0.717) is 24.4 Å². The van der Waals surface area contributed by atoms with E-state index in [4.69, 9.17) is 4.98 Å². The number of hydrogen-bond donors (Lipinski definition) is 0. The van der Waals surface area contributed by atoms with Crippen LogP contribution in [0.15, 0.2) is 29.3 Å². The summed E-state index contributed by atoms with van der Waals surface area (Å²) in [6.07, 6.45) is 10.5. The highest BCUT2D eigenvalue weighted by atomic mass is 32.2. The summed E-state index contributed by atoms with van der Waals surface area (Å²) >= 11 is 0. The molecule has 0 bridgehead atoms. The van der Waals surface area contributed by atoms with Crippen molar-refractivity contribution >= 4 is 16.0 Å². The Labute approximate surface area is 173 Å². The van der Waals surface area contributed by atoms with Crippen LogP contribution in [0.2, 0.25) is 0 Å². The number of aromatic nitrogens is 2. The van der Waals surface area contributed by atoms with Crippen molar-refractivity contribution in [2.75, 3.05) is 24.5 Å². The van der Waals surface area contributed by atoms with E-state index >= 15 is 0 Å². The van der Waals surface area contributed by atoms with Crippen LogP contribution in [0, 0.1) is 0 Å². The molecule has 0 spiro atoms. The maximum Gasteiger partial charge on any atom is 0.243 e. The van der Waals surface area contributed by atoms with Gasteiger partial charge in [0.25, 0.3) is 0 Å². The highest BCUT2D eigenvalue weighted by Gasteiger charge is 2.30. The fraction of sp³-hybridized carbons (Fsp3) is 0.545. The summed E-state index contributed by atoms with van der Waals surface area (Å²) < 4.78 is 28.1. The average molecular weight is 413 g/mol. The molecule has 0 N–H and O–H groups in total. The molecular weight excluding hydrogens is 384 g/mol. The number of rotatable bonds is 3. The standard InChI is InChI=1S/C22H28N4O2S/c27-29(28,20-9-8-17-6-2-3-7-18(17)14-20)26-13-10-21-19(16-26)15-23-22(24-21)25-11-4-1-5-12-25/h8-9,14-15H,1-7,10-13,16H2. The summed E-state index contributed by atoms with van der Waals surface area (Å²) in [7, 11) is -3.50. The van der Waals surface area contributed by atoms with Crippen molar-refractivity contribution in [1.82, 2.24) is 14.3 Å². The van der Waals surface area contributed by atoms with Gasteiger partial charge in [0, 0.05) is 44.4 Å². The molecule has 6 nitrogen and oxygen atoms in total. The third-order valence-corrected chi connectivity index (χ3v) is 8.32. The molecule has 0 amide bonds. The first kappa shape index (κ1) is 19.0. The zero-order valence-electron chi connectivity index (χ0n) is 16.8. The summed E-state index contributed by atoms with van der Waals surface area (Å²) in [6, 6.07) is 5.69. The van der Waals surface area contributed by atoms with Crippen molar-refractivity contribution in [2.45, 2.75) is 62.8 Å². The number of sulfonamides is 1. The van der Waals surface area contributed by atoms with Crippen molar-refractivity contribution in [2.24, 2.45) is 0 Å². The molecule has 3 aliphatic rings. The van der Waals surface area contributed by atoms with Gasteiger partial charge in [-0.15, -0.1) is 0 Å². The van der Waals surface area contributed by atoms with Crippen molar-refractivity contribution < 1.29 is 8.42 Å². The molecule has 29 heavy (non-hydrogen) atoms. The molecule has 1 aliphatic carbocycles. The van der Waals surface area contributed by atoms with Crippen LogP contribution in [0.3, 0.4) is 0 Å². The van der Waals surface area contributed by atoms with Crippen LogP contribution in [0.4, 0.5) is 5.95 Å². The van der Waals surface area contributed by atoms with Crippen molar-refractivity contribution in [3.63, 3.8) is 0 Å². The van der Waals surface area contributed by atoms with E-state index < -0.39 is 10.0 Å². The van der Waals surface area contributed by atoms with Gasteiger partial charge in [0.2, 0.25) is 16.0 Å². The van der Waals surface area contributed by atoms with Crippen LogP contribution in [0.25, 0.3) is 0 Å². The second kappa shape index (κ2) is 7.69. The third kappa shape index (κ3) is 3.66. The Bertz CT molecular complexity index is 1020. The van der Waals surface area contributed by atoms with Gasteiger partial charge >= 0.3 is 0 Å². The van der Waals surface area contributed by atoms with Gasteiger partial charge in [0.15, 0.2) is 0 Å². The van der Waals surface area contributed by atoms with E-state index in [2.05, 4.69) is 9.88 Å². The molecular formula is C22H28N4O2S. The normalized spacial score (nSPS) is 20.2. The van der Waals surface area contributed by atoms with Gasteiger partial charge in [-0.2, -0.15) is 4.31 Å². The number of anilines is 1. The van der Waals surface area contributed by atoms with Gasteiger partial charge in [-0.1, -0.05) is 6.07 Å². The molecule has 2 aliphatic heterocycles. The van der Waals surface area contributed by atoms with Crippen molar-refractivity contribution in [3.8, 4) is 0 Å². The first-order valence-corrected chi connectivity index (χ1v) is 12.3. The van der Waals surface area contributed by atoms with E-state index in [-0.39, 0.29) is 0 Å². The summed E-state index contributed by atoms with van der Waals surface area (Å²) in [4.78, 5) is 12.0. The van der Waals surface area contributed by atoms with Crippen LogP contribution in [0.1, 0.15) is 54.5 Å². The molecule has 2 aromatic rings. The molecule has 0 saturated carbocycles. The van der Waals surface area contributed by atoms with Gasteiger partial charge in [-0.25, -0.2) is 18.4 Å². The zero-order chi connectivity index (χ0) is 19.8. The Morgan fingerprint density at radius 1 is 0.828 bits per heavy atom. The van der Waals surface area contributed by atoms with Gasteiger partial charge in [0.05, 0.1) is 10.6 Å². The summed E-state index contributed by atoms with van der Waals surface area (Å²) in [5, 5.41) is 0. The minimum atomic E-state index is -3.50. The number of benzene rings is 1. The monoisotopic (exact) mass is 412 g/mol. The molecule has 154 valence electrons. The highest BCUT2D eigenvalue weighted by Crippen LogP contribution is 2.29. The second-order valence-corrected chi connectivity index (χ2v) is 10.4. The molecule has 3 heterocycles. The minimum Gasteiger partial charge on any atom is -0.341 e. The van der Waals surface area contributed by atoms with Gasteiger partial charge < -0.3 is 4.90 Å². The van der Waals surface area contributed by atoms with E-state index in [0.717, 1.165) is 49.6 Å². The van der Waals surface area contributed by atoms with Crippen LogP contribution in [-0.4, -0.2) is 42.3 Å². The minimum absolute atomic E-state index is 0.356. The lowest BCUT2D eigenvalue weighted by Gasteiger charge is -2.30. The first-order chi connectivity index (χ1) is 14.1. The van der Waals surface area contributed by atoms with Crippen molar-refractivity contribution in [1.29, 1.82) is 0 Å². The lowest BCUT2D eigenvalue weighted by molar-refractivity contribution is 0.386. The number of piperidine rings is 1. The lowest BCUT2D eigenvalue weighted by atomic mass is 9.92. The fourth-order valence-electron chi connectivity index (χ4n) is 4.75. The average Bonchev–Trinajstić information content (AvgIpc) is 2.78. The molecule has 1 aromatic carbocycles. The van der Waals surface area contributed by atoms with E-state index in [1.165, 1.54) is 36.8 Å². The Hall–Kier alpha value is -1.99. The summed E-state index contributed by atoms with van der Waals surface area (Å²) in [5.41, 5.74) is 4.43. The molecule has 5 rings (SSSR count). The van der Waals surface area contributed by atoms with Crippen LogP contribution < -0.4 is 4.90 Å². The van der Waals surface area contributed by atoms with E-state index in [9.17, 15) is 8.42 Å². The fourth-order valence-corrected chi connectivity index (χ4v) is 6.22. The largest absolute Gasteiger partial charge is 0.341 e. The topological polar surface area (TPSA) is 66.4 Å². The zero-order valence-corrected chi connectivity index (χ0v) is 17.6. The van der Waals surface area contributed by atoms with Crippen molar-refractivity contribution in [3.05, 3.63) is 46.8 Å². The van der Waals surface area contributed by atoms with Crippen LogP contribution in [-0.2, 0) is 35.8 Å². The Kier molecular flexibility index (Phi) is 5.04. The predicted octanol–water partition coefficient (Wildman–Crippen LogP) is 3.09. The van der Waals surface area contributed by atoms with E-state index in [1.54, 1.807) is 10.4 Å². The molecule has 0 unspecified atom stereocenters. The quantitative estimate of drug-likeness (QED) is 0.775. The Morgan fingerprint density at radius 2 is 1.62 bits per heavy atom. The number of nitrogens with zero attached hydrogens (tertiary/aromatic N) is 4. The molecule has 1 aromatic heterocycles. The second-order valence-electron chi connectivity index (χ2n) is 8.42. The summed E-state index contributed by atoms with van der Waals surface area (Å²) in [6.45, 7) is 2.85. The number of fused-ring (bicyclic) bond motifs is 2. The predicted molar refractivity (Wildman–Crippen MR) is 112 cm³/mol. The van der Waals surface area contributed by atoms with Gasteiger partial charge in [-0.3, -0.25) is 0 Å². The number of aryl methyl sites for hydroxylation is 2. The molecule has 0 atom stereocenters. The van der Waals surface area contributed by atoms with Crippen LogP contribution in [0.5, 0.6) is 0 Å². The molecule has 1 fully saturated rings. The first-order valence-electron chi connectivity index (χ1n) is 10.8. The Balaban J connectivity index is 1.37.